The van der Waals surface area contributed by atoms with E-state index in [0.29, 0.717) is 38.9 Å². The monoisotopic (exact) mass is 741 g/mol. The van der Waals surface area contributed by atoms with Gasteiger partial charge in [0.1, 0.15) is 0 Å². The van der Waals surface area contributed by atoms with Crippen LogP contribution in [0.15, 0.2) is 48.5 Å². The van der Waals surface area contributed by atoms with Crippen LogP contribution in [-0.4, -0.2) is 114 Å². The number of carboxylic acid groups (broad SMARTS) is 1. The number of H-pyrrole nitrogens is 2. The van der Waals surface area contributed by atoms with Crippen LogP contribution in [0.3, 0.4) is 0 Å². The number of hydrogen-bond acceptors (Lipinski definition) is 9. The maximum atomic E-state index is 12.2. The molecule has 0 aliphatic carbocycles. The van der Waals surface area contributed by atoms with Crippen LogP contribution in [0.1, 0.15) is 63.1 Å². The summed E-state index contributed by atoms with van der Waals surface area (Å²) in [6.45, 7) is 8.31. The molecule has 0 aliphatic heterocycles. The summed E-state index contributed by atoms with van der Waals surface area (Å²) < 4.78 is 4.51. The van der Waals surface area contributed by atoms with Gasteiger partial charge in [-0.3, -0.25) is 24.4 Å². The number of carboxylic acids is 1. The van der Waals surface area contributed by atoms with Gasteiger partial charge in [-0.1, -0.05) is 51.3 Å². The Morgan fingerprint density at radius 1 is 0.755 bits per heavy atom. The van der Waals surface area contributed by atoms with Crippen LogP contribution in [0.25, 0.3) is 21.8 Å². The van der Waals surface area contributed by atoms with Crippen molar-refractivity contribution in [2.24, 2.45) is 5.73 Å². The normalized spacial score (nSPS) is 10.4. The lowest BCUT2D eigenvalue weighted by molar-refractivity contribution is -0.141. The molecule has 14 heteroatoms. The molecule has 0 aliphatic rings. The van der Waals surface area contributed by atoms with Crippen LogP contribution in [0.4, 0.5) is 0 Å². The first kappa shape index (κ1) is 48.2. The summed E-state index contributed by atoms with van der Waals surface area (Å²) in [5.41, 5.74) is 12.9. The van der Waals surface area contributed by atoms with E-state index in [1.54, 1.807) is 5.48 Å². The van der Waals surface area contributed by atoms with E-state index in [-0.39, 0.29) is 45.5 Å². The van der Waals surface area contributed by atoms with E-state index in [2.05, 4.69) is 24.9 Å². The number of benzene rings is 2. The van der Waals surface area contributed by atoms with Crippen LogP contribution in [0.2, 0.25) is 0 Å². The van der Waals surface area contributed by atoms with Crippen molar-refractivity contribution in [1.29, 1.82) is 0 Å². The first-order chi connectivity index (χ1) is 24.4. The second-order valence-corrected chi connectivity index (χ2v) is 12.4. The first-order valence-electron chi connectivity index (χ1n) is 17.1. The van der Waals surface area contributed by atoms with Gasteiger partial charge in [-0.05, 0) is 77.1 Å². The molecule has 53 heavy (non-hydrogen) atoms. The molecule has 14 nitrogen and oxygen atoms in total. The van der Waals surface area contributed by atoms with Crippen LogP contribution in [0, 0.1) is 13.8 Å². The van der Waals surface area contributed by atoms with Gasteiger partial charge < -0.3 is 40.7 Å². The molecule has 0 atom stereocenters. The minimum absolute atomic E-state index is 0. The number of aryl methyl sites for hydroxylation is 2. The standard InChI is InChI=1S/C18H26N4O3.C11H11NO2.C8H18N2O2.2CH4/c1-13-15(14-6-3-4-7-16(14)20-13)12-18(24)19-9-11-22(2)10-5-8-17(23)21-25;1-7-9(6-11(13)14)8-4-2-3-5-10(8)12-7;1-10(7-5-9)6-3-4-8(11)12-2;;/h3-4,6-7,20,25H,5,8-12H2,1-2H3,(H,19,24)(H,21,23);2-5,12H,6H2,1H3,(H,13,14);3-7,9H2,1-2H3;2*1H4. The number of methoxy groups -OCH3 is 1. The molecule has 0 bridgehead atoms. The number of ether oxygens (including phenoxy) is 1. The molecule has 2 heterocycles. The number of carbonyl (C=O) groups is 4. The molecule has 0 radical (unpaired) electrons. The quantitative estimate of drug-likeness (QED) is 0.0456. The van der Waals surface area contributed by atoms with Gasteiger partial charge in [0.15, 0.2) is 0 Å². The number of aliphatic carboxylic acids is 1. The highest BCUT2D eigenvalue weighted by molar-refractivity contribution is 5.90. The van der Waals surface area contributed by atoms with E-state index in [9.17, 15) is 19.2 Å². The Morgan fingerprint density at radius 3 is 1.74 bits per heavy atom. The van der Waals surface area contributed by atoms with Gasteiger partial charge in [0, 0.05) is 72.2 Å². The Kier molecular flexibility index (Phi) is 23.7. The summed E-state index contributed by atoms with van der Waals surface area (Å²) in [5.74, 6) is -1.31. The number of aromatic amines is 2. The number of nitrogens with two attached hydrogens (primary N) is 1. The number of para-hydroxylation sites is 2. The van der Waals surface area contributed by atoms with E-state index in [4.69, 9.17) is 16.0 Å². The van der Waals surface area contributed by atoms with E-state index in [0.717, 1.165) is 70.4 Å². The van der Waals surface area contributed by atoms with Crippen molar-refractivity contribution in [3.05, 3.63) is 71.0 Å². The minimum Gasteiger partial charge on any atom is -0.481 e. The van der Waals surface area contributed by atoms with Gasteiger partial charge in [0.25, 0.3) is 0 Å². The van der Waals surface area contributed by atoms with Gasteiger partial charge in [0.2, 0.25) is 11.8 Å². The maximum absolute atomic E-state index is 12.2. The van der Waals surface area contributed by atoms with E-state index in [1.807, 2.05) is 81.4 Å². The molecule has 0 spiro atoms. The van der Waals surface area contributed by atoms with Gasteiger partial charge >= 0.3 is 11.9 Å². The van der Waals surface area contributed by atoms with Crippen LogP contribution in [-0.2, 0) is 36.8 Å². The molecule has 0 saturated carbocycles. The molecule has 4 rings (SSSR count). The molecule has 8 N–H and O–H groups in total. The molecule has 2 aromatic carbocycles. The molecule has 4 aromatic rings. The van der Waals surface area contributed by atoms with Crippen LogP contribution < -0.4 is 16.5 Å². The van der Waals surface area contributed by atoms with Crippen molar-refractivity contribution < 1.29 is 34.2 Å². The fourth-order valence-corrected chi connectivity index (χ4v) is 5.49. The summed E-state index contributed by atoms with van der Waals surface area (Å²) in [5, 5.41) is 22.2. The Labute approximate surface area is 314 Å². The summed E-state index contributed by atoms with van der Waals surface area (Å²) in [6, 6.07) is 15.7. The maximum Gasteiger partial charge on any atom is 0.307 e. The molecule has 0 saturated heterocycles. The second-order valence-electron chi connectivity index (χ2n) is 12.4. The van der Waals surface area contributed by atoms with Crippen molar-refractivity contribution in [2.75, 3.05) is 60.5 Å². The van der Waals surface area contributed by atoms with Gasteiger partial charge in [-0.25, -0.2) is 5.48 Å². The fourth-order valence-electron chi connectivity index (χ4n) is 5.49. The van der Waals surface area contributed by atoms with Crippen molar-refractivity contribution >= 4 is 45.6 Å². The SMILES string of the molecule is C.C.COC(=O)CCCN(C)CCN.Cc1[nH]c2ccccc2c1CC(=O)NCCN(C)CCCC(=O)NO.Cc1[nH]c2ccccc2c1CC(=O)O. The highest BCUT2D eigenvalue weighted by atomic mass is 16.5. The van der Waals surface area contributed by atoms with E-state index in [1.165, 1.54) is 7.11 Å². The van der Waals surface area contributed by atoms with Crippen molar-refractivity contribution in [3.63, 3.8) is 0 Å². The fraction of sp³-hybridized carbons (Fsp3) is 0.487. The van der Waals surface area contributed by atoms with Gasteiger partial charge in [-0.15, -0.1) is 0 Å². The van der Waals surface area contributed by atoms with E-state index < -0.39 is 5.97 Å². The second kappa shape index (κ2) is 26.1. The number of carbonyl (C=O) groups excluding carboxylic acids is 3. The Balaban J connectivity index is 0.000000822. The number of fused-ring (bicyclic) bond motifs is 2. The number of esters is 1. The zero-order valence-electron chi connectivity index (χ0n) is 30.5. The molecular weight excluding hydrogens is 678 g/mol. The zero-order chi connectivity index (χ0) is 37.8. The van der Waals surface area contributed by atoms with Crippen molar-refractivity contribution in [1.82, 2.24) is 30.6 Å². The Morgan fingerprint density at radius 2 is 1.25 bits per heavy atom. The Bertz CT molecular complexity index is 1690. The predicted molar refractivity (Wildman–Crippen MR) is 212 cm³/mol. The molecule has 296 valence electrons. The third-order valence-electron chi connectivity index (χ3n) is 8.26. The summed E-state index contributed by atoms with van der Waals surface area (Å²) in [4.78, 5) is 55.1. The topological polar surface area (TPSA) is 206 Å². The smallest absolute Gasteiger partial charge is 0.307 e. The number of hydrogen-bond donors (Lipinski definition) is 7. The first-order valence-corrected chi connectivity index (χ1v) is 17.1. The number of hydroxylamine groups is 1. The number of aromatic nitrogens is 2. The lowest BCUT2D eigenvalue weighted by Gasteiger charge is -2.16. The molecule has 2 aromatic heterocycles. The summed E-state index contributed by atoms with van der Waals surface area (Å²) in [7, 11) is 5.34. The van der Waals surface area contributed by atoms with Gasteiger partial charge in [-0.2, -0.15) is 0 Å². The number of amides is 2. The summed E-state index contributed by atoms with van der Waals surface area (Å²) in [6.07, 6.45) is 2.71. The van der Waals surface area contributed by atoms with Crippen LogP contribution in [0.5, 0.6) is 0 Å². The molecular formula is C39H63N7O7. The van der Waals surface area contributed by atoms with Gasteiger partial charge in [0.05, 0.1) is 20.0 Å². The molecule has 2 amide bonds. The highest BCUT2D eigenvalue weighted by Crippen LogP contribution is 2.23. The number of rotatable bonds is 17. The zero-order valence-corrected chi connectivity index (χ0v) is 30.5. The minimum atomic E-state index is -0.794. The average Bonchev–Trinajstić information content (AvgIpc) is 3.59. The number of nitrogens with one attached hydrogen (secondary N) is 4. The average molecular weight is 742 g/mol. The Hall–Kier alpha value is -4.76. The molecule has 0 unspecified atom stereocenters. The number of nitrogens with zero attached hydrogens (tertiary/aromatic N) is 2. The number of likely N-dealkylation sites (N-methyl/N-ethyl adjacent to an activating group) is 2. The van der Waals surface area contributed by atoms with Crippen molar-refractivity contribution in [2.45, 2.75) is 67.2 Å². The lowest BCUT2D eigenvalue weighted by Crippen LogP contribution is -2.34. The third-order valence-corrected chi connectivity index (χ3v) is 8.26. The summed E-state index contributed by atoms with van der Waals surface area (Å²) >= 11 is 0. The largest absolute Gasteiger partial charge is 0.481 e. The van der Waals surface area contributed by atoms with E-state index >= 15 is 0 Å². The molecule has 0 fully saturated rings. The lowest BCUT2D eigenvalue weighted by atomic mass is 10.1. The third kappa shape index (κ3) is 17.5. The van der Waals surface area contributed by atoms with Crippen molar-refractivity contribution in [3.8, 4) is 0 Å². The highest BCUT2D eigenvalue weighted by Gasteiger charge is 2.13. The van der Waals surface area contributed by atoms with Crippen LogP contribution >= 0.6 is 0 Å². The predicted octanol–water partition coefficient (Wildman–Crippen LogP) is 4.56.